The van der Waals surface area contributed by atoms with Gasteiger partial charge >= 0.3 is 5.97 Å². The van der Waals surface area contributed by atoms with Crippen LogP contribution in [0.25, 0.3) is 0 Å². The van der Waals surface area contributed by atoms with Crippen LogP contribution in [0, 0.1) is 0 Å². The van der Waals surface area contributed by atoms with Gasteiger partial charge in [0.15, 0.2) is 12.7 Å². The smallest absolute Gasteiger partial charge is 0.347 e. The summed E-state index contributed by atoms with van der Waals surface area (Å²) in [5, 5.41) is 5.64. The molecule has 7 nitrogen and oxygen atoms in total. The molecule has 1 aromatic carbocycles. The molecule has 0 bridgehead atoms. The normalized spacial score (nSPS) is 11.6. The molecule has 0 aromatic heterocycles. The summed E-state index contributed by atoms with van der Waals surface area (Å²) in [6.07, 6.45) is -0.976. The Labute approximate surface area is 155 Å². The quantitative estimate of drug-likeness (QED) is 0.661. The van der Waals surface area contributed by atoms with Crippen LogP contribution in [0.5, 0.6) is 5.75 Å². The Kier molecular flexibility index (Phi) is 8.51. The minimum atomic E-state index is -0.976. The molecule has 0 heterocycles. The zero-order chi connectivity index (χ0) is 19.0. The van der Waals surface area contributed by atoms with Crippen molar-refractivity contribution in [2.45, 2.75) is 32.9 Å². The van der Waals surface area contributed by atoms with Gasteiger partial charge in [-0.15, -0.1) is 0 Å². The van der Waals surface area contributed by atoms with Crippen LogP contribution in [-0.4, -0.2) is 43.1 Å². The zero-order valence-electron chi connectivity index (χ0n) is 14.1. The third kappa shape index (κ3) is 8.09. The Balaban J connectivity index is 2.37. The minimum Gasteiger partial charge on any atom is -0.477 e. The van der Waals surface area contributed by atoms with Gasteiger partial charge in [-0.05, 0) is 39.0 Å². The topological polar surface area (TPSA) is 93.7 Å². The summed E-state index contributed by atoms with van der Waals surface area (Å²) in [5.41, 5.74) is 0. The first-order valence-electron chi connectivity index (χ1n) is 7.53. The molecule has 1 aromatic rings. The van der Waals surface area contributed by atoms with Crippen LogP contribution in [0.4, 0.5) is 0 Å². The number of carbonyl (C=O) groups is 3. The maximum absolute atomic E-state index is 11.8. The molecule has 0 radical (unpaired) electrons. The van der Waals surface area contributed by atoms with E-state index in [0.29, 0.717) is 5.02 Å². The fraction of sp³-hybridized carbons (Fsp3) is 0.438. The molecule has 0 spiro atoms. The lowest BCUT2D eigenvalue weighted by Crippen LogP contribution is -2.41. The Hall–Kier alpha value is -1.99. The van der Waals surface area contributed by atoms with Crippen LogP contribution in [0.15, 0.2) is 18.2 Å². The molecule has 2 amide bonds. The van der Waals surface area contributed by atoms with Gasteiger partial charge in [-0.3, -0.25) is 9.59 Å². The first-order valence-corrected chi connectivity index (χ1v) is 8.29. The zero-order valence-corrected chi connectivity index (χ0v) is 15.6. The van der Waals surface area contributed by atoms with Crippen molar-refractivity contribution in [1.29, 1.82) is 0 Å². The lowest BCUT2D eigenvalue weighted by atomic mass is 10.3. The van der Waals surface area contributed by atoms with Crippen molar-refractivity contribution < 1.29 is 23.9 Å². The van der Waals surface area contributed by atoms with Crippen LogP contribution in [0.3, 0.4) is 0 Å². The summed E-state index contributed by atoms with van der Waals surface area (Å²) >= 11 is 11.7. The van der Waals surface area contributed by atoms with Crippen molar-refractivity contribution in [1.82, 2.24) is 10.6 Å². The maximum atomic E-state index is 11.8. The summed E-state index contributed by atoms with van der Waals surface area (Å²) in [5.74, 6) is -1.40. The number of nitrogens with one attached hydrogen (secondary N) is 2. The first-order chi connectivity index (χ1) is 11.7. The predicted molar refractivity (Wildman–Crippen MR) is 93.8 cm³/mol. The van der Waals surface area contributed by atoms with E-state index in [2.05, 4.69) is 10.6 Å². The second-order valence-electron chi connectivity index (χ2n) is 5.44. The van der Waals surface area contributed by atoms with E-state index in [4.69, 9.17) is 32.7 Å². The van der Waals surface area contributed by atoms with Crippen molar-refractivity contribution >= 4 is 41.0 Å². The Morgan fingerprint density at radius 1 is 1.12 bits per heavy atom. The lowest BCUT2D eigenvalue weighted by Gasteiger charge is -2.15. The highest BCUT2D eigenvalue weighted by Gasteiger charge is 2.19. The van der Waals surface area contributed by atoms with Crippen molar-refractivity contribution in [2.24, 2.45) is 0 Å². The number of amides is 2. The van der Waals surface area contributed by atoms with Crippen LogP contribution < -0.4 is 15.4 Å². The minimum absolute atomic E-state index is 0.0279. The standard InChI is InChI=1S/C16H20Cl2N2O5/c1-9(2)20-14(21)7-19-15(22)8-24-16(23)10(3)25-13-5-4-11(17)6-12(13)18/h4-6,9-10H,7-8H2,1-3H3,(H,19,22)(H,20,21)/t10-/m1/s1. The van der Waals surface area contributed by atoms with Gasteiger partial charge in [0.2, 0.25) is 5.91 Å². The van der Waals surface area contributed by atoms with Gasteiger partial charge in [-0.1, -0.05) is 23.2 Å². The third-order valence-corrected chi connectivity index (χ3v) is 3.30. The van der Waals surface area contributed by atoms with Crippen LogP contribution >= 0.6 is 23.2 Å². The van der Waals surface area contributed by atoms with E-state index < -0.39 is 24.6 Å². The second-order valence-corrected chi connectivity index (χ2v) is 6.29. The molecule has 0 saturated carbocycles. The summed E-state index contributed by atoms with van der Waals surface area (Å²) in [7, 11) is 0. The van der Waals surface area contributed by atoms with Crippen LogP contribution in [-0.2, 0) is 19.1 Å². The second kappa shape index (κ2) is 10.1. The fourth-order valence-electron chi connectivity index (χ4n) is 1.67. The molecular formula is C16H20Cl2N2O5. The molecule has 0 saturated heterocycles. The average Bonchev–Trinajstić information content (AvgIpc) is 2.52. The fourth-order valence-corrected chi connectivity index (χ4v) is 2.12. The summed E-state index contributed by atoms with van der Waals surface area (Å²) < 4.78 is 10.2. The molecular weight excluding hydrogens is 371 g/mol. The average molecular weight is 391 g/mol. The molecule has 1 atom stereocenters. The van der Waals surface area contributed by atoms with Gasteiger partial charge < -0.3 is 20.1 Å². The van der Waals surface area contributed by atoms with E-state index in [-0.39, 0.29) is 29.3 Å². The molecule has 0 aliphatic rings. The van der Waals surface area contributed by atoms with Gasteiger partial charge in [0.1, 0.15) is 5.75 Å². The van der Waals surface area contributed by atoms with Gasteiger partial charge in [0, 0.05) is 11.1 Å². The molecule has 0 fully saturated rings. The van der Waals surface area contributed by atoms with Crippen LogP contribution in [0.1, 0.15) is 20.8 Å². The molecule has 1 rings (SSSR count). The number of hydrogen-bond acceptors (Lipinski definition) is 5. The number of esters is 1. The highest BCUT2D eigenvalue weighted by molar-refractivity contribution is 6.35. The summed E-state index contributed by atoms with van der Waals surface area (Å²) in [6.45, 7) is 4.35. The van der Waals surface area contributed by atoms with E-state index in [1.165, 1.54) is 19.1 Å². The van der Waals surface area contributed by atoms with Crippen molar-refractivity contribution in [3.63, 3.8) is 0 Å². The van der Waals surface area contributed by atoms with E-state index >= 15 is 0 Å². The van der Waals surface area contributed by atoms with Crippen molar-refractivity contribution in [3.05, 3.63) is 28.2 Å². The molecule has 0 aliphatic carbocycles. The summed E-state index contributed by atoms with van der Waals surface area (Å²) in [6, 6.07) is 4.54. The van der Waals surface area contributed by atoms with Gasteiger partial charge in [-0.2, -0.15) is 0 Å². The molecule has 2 N–H and O–H groups in total. The number of rotatable bonds is 8. The van der Waals surface area contributed by atoms with Crippen LogP contribution in [0.2, 0.25) is 10.0 Å². The highest BCUT2D eigenvalue weighted by Crippen LogP contribution is 2.28. The molecule has 0 aliphatic heterocycles. The van der Waals surface area contributed by atoms with E-state index in [9.17, 15) is 14.4 Å². The van der Waals surface area contributed by atoms with E-state index in [1.54, 1.807) is 19.9 Å². The first kappa shape index (κ1) is 21.1. The van der Waals surface area contributed by atoms with Gasteiger partial charge in [0.25, 0.3) is 5.91 Å². The lowest BCUT2D eigenvalue weighted by molar-refractivity contribution is -0.154. The number of hydrogen-bond donors (Lipinski definition) is 2. The van der Waals surface area contributed by atoms with E-state index in [0.717, 1.165) is 0 Å². The number of halogens is 2. The Morgan fingerprint density at radius 2 is 1.80 bits per heavy atom. The third-order valence-electron chi connectivity index (χ3n) is 2.77. The van der Waals surface area contributed by atoms with E-state index in [1.807, 2.05) is 0 Å². The van der Waals surface area contributed by atoms with Crippen molar-refractivity contribution in [2.75, 3.05) is 13.2 Å². The maximum Gasteiger partial charge on any atom is 0.347 e. The van der Waals surface area contributed by atoms with Gasteiger partial charge in [-0.25, -0.2) is 4.79 Å². The largest absolute Gasteiger partial charge is 0.477 e. The van der Waals surface area contributed by atoms with Gasteiger partial charge in [0.05, 0.1) is 11.6 Å². The molecule has 9 heteroatoms. The molecule has 0 unspecified atom stereocenters. The monoisotopic (exact) mass is 390 g/mol. The molecule has 25 heavy (non-hydrogen) atoms. The molecule has 138 valence electrons. The van der Waals surface area contributed by atoms with Crippen molar-refractivity contribution in [3.8, 4) is 5.75 Å². The predicted octanol–water partition coefficient (Wildman–Crippen LogP) is 1.94. The summed E-state index contributed by atoms with van der Waals surface area (Å²) in [4.78, 5) is 34.8. The highest BCUT2D eigenvalue weighted by atomic mass is 35.5. The number of benzene rings is 1. The number of carbonyl (C=O) groups excluding carboxylic acids is 3. The Morgan fingerprint density at radius 3 is 2.40 bits per heavy atom. The Bertz CT molecular complexity index is 637. The SMILES string of the molecule is CC(C)NC(=O)CNC(=O)COC(=O)[C@@H](C)Oc1ccc(Cl)cc1Cl. The number of ether oxygens (including phenoxy) is 2.